The van der Waals surface area contributed by atoms with Gasteiger partial charge in [0.15, 0.2) is 0 Å². The van der Waals surface area contributed by atoms with E-state index in [2.05, 4.69) is 10.3 Å². The van der Waals surface area contributed by atoms with Crippen LogP contribution >= 0.6 is 0 Å². The average Bonchev–Trinajstić information content (AvgIpc) is 2.88. The molecule has 0 spiro atoms. The number of nitrogens with zero attached hydrogens (tertiary/aromatic N) is 1. The lowest BCUT2D eigenvalue weighted by Crippen LogP contribution is -2.41. The number of carbonyl (C=O) groups excluding carboxylic acids is 1. The number of rotatable bonds is 5. The summed E-state index contributed by atoms with van der Waals surface area (Å²) in [7, 11) is 0. The molecule has 2 heterocycles. The van der Waals surface area contributed by atoms with Crippen molar-refractivity contribution in [1.29, 1.82) is 0 Å². The van der Waals surface area contributed by atoms with E-state index in [1.165, 1.54) is 5.56 Å². The summed E-state index contributed by atoms with van der Waals surface area (Å²) in [6.07, 6.45) is 4.41. The minimum atomic E-state index is 0.217. The van der Waals surface area contributed by atoms with Crippen molar-refractivity contribution in [1.82, 2.24) is 15.2 Å². The minimum Gasteiger partial charge on any atom is -0.378 e. The molecule has 0 unspecified atom stereocenters. The van der Waals surface area contributed by atoms with Gasteiger partial charge in [0.1, 0.15) is 0 Å². The summed E-state index contributed by atoms with van der Waals surface area (Å²) in [5, 5.41) is 3.26. The number of ether oxygens (including phenoxy) is 1. The van der Waals surface area contributed by atoms with Gasteiger partial charge in [0.25, 0.3) is 0 Å². The first kappa shape index (κ1) is 12.1. The number of nitrogens with one attached hydrogen (secondary N) is 2. The van der Waals surface area contributed by atoms with E-state index in [0.717, 1.165) is 26.2 Å². The number of morpholine rings is 1. The zero-order valence-electron chi connectivity index (χ0n) is 9.95. The predicted molar refractivity (Wildman–Crippen MR) is 64.5 cm³/mol. The third-order valence-corrected chi connectivity index (χ3v) is 2.87. The molecular weight excluding hydrogens is 218 g/mol. The van der Waals surface area contributed by atoms with E-state index in [9.17, 15) is 4.79 Å². The molecule has 17 heavy (non-hydrogen) atoms. The van der Waals surface area contributed by atoms with Gasteiger partial charge in [-0.15, -0.1) is 0 Å². The van der Waals surface area contributed by atoms with Crippen molar-refractivity contribution in [2.75, 3.05) is 32.8 Å². The highest BCUT2D eigenvalue weighted by Crippen LogP contribution is 2.00. The molecule has 0 atom stereocenters. The van der Waals surface area contributed by atoms with Crippen molar-refractivity contribution in [3.8, 4) is 0 Å². The van der Waals surface area contributed by atoms with E-state index in [0.29, 0.717) is 19.6 Å². The number of aromatic amines is 1. The van der Waals surface area contributed by atoms with Gasteiger partial charge in [-0.2, -0.15) is 0 Å². The molecule has 5 nitrogen and oxygen atoms in total. The normalized spacial score (nSPS) is 16.1. The third-order valence-electron chi connectivity index (χ3n) is 2.87. The second-order valence-corrected chi connectivity index (χ2v) is 4.14. The average molecular weight is 237 g/mol. The first-order chi connectivity index (χ1) is 8.36. The molecule has 2 rings (SSSR count). The van der Waals surface area contributed by atoms with Gasteiger partial charge in [-0.1, -0.05) is 0 Å². The number of carbonyl (C=O) groups is 1. The van der Waals surface area contributed by atoms with Crippen LogP contribution in [0.5, 0.6) is 0 Å². The lowest BCUT2D eigenvalue weighted by atomic mass is 10.3. The lowest BCUT2D eigenvalue weighted by Gasteiger charge is -2.26. The largest absolute Gasteiger partial charge is 0.378 e. The van der Waals surface area contributed by atoms with Gasteiger partial charge in [0.05, 0.1) is 13.2 Å². The quantitative estimate of drug-likeness (QED) is 0.727. The summed E-state index contributed by atoms with van der Waals surface area (Å²) < 4.78 is 5.21. The molecule has 2 N–H and O–H groups in total. The number of amides is 1. The summed E-state index contributed by atoms with van der Waals surface area (Å²) in [5.74, 6) is 0.217. The monoisotopic (exact) mass is 237 g/mol. The smallest absolute Gasteiger partial charge is 0.224 e. The molecule has 0 aromatic carbocycles. The number of hydrogen-bond acceptors (Lipinski definition) is 3. The van der Waals surface area contributed by atoms with E-state index in [-0.39, 0.29) is 5.91 Å². The van der Waals surface area contributed by atoms with Crippen LogP contribution in [0.15, 0.2) is 18.5 Å². The molecule has 1 aromatic rings. The summed E-state index contributed by atoms with van der Waals surface area (Å²) in [6, 6.07) is 2.02. The van der Waals surface area contributed by atoms with Crippen molar-refractivity contribution in [3.63, 3.8) is 0 Å². The Kier molecular flexibility index (Phi) is 4.58. The van der Waals surface area contributed by atoms with Crippen LogP contribution < -0.4 is 5.32 Å². The fraction of sp³-hybridized carbons (Fsp3) is 0.583. The summed E-state index contributed by atoms with van der Waals surface area (Å²) in [6.45, 7) is 4.33. The van der Waals surface area contributed by atoms with Gasteiger partial charge in [0, 0.05) is 45.0 Å². The summed E-state index contributed by atoms with van der Waals surface area (Å²) >= 11 is 0. The van der Waals surface area contributed by atoms with Crippen LogP contribution in [0.3, 0.4) is 0 Å². The Labute approximate surface area is 101 Å². The highest BCUT2D eigenvalue weighted by molar-refractivity contribution is 5.76. The molecule has 0 radical (unpaired) electrons. The van der Waals surface area contributed by atoms with Crippen molar-refractivity contribution in [2.45, 2.75) is 13.0 Å². The first-order valence-electron chi connectivity index (χ1n) is 6.04. The van der Waals surface area contributed by atoms with Gasteiger partial charge in [-0.25, -0.2) is 0 Å². The van der Waals surface area contributed by atoms with Crippen LogP contribution in [0, 0.1) is 0 Å². The predicted octanol–water partition coefficient (Wildman–Crippen LogP) is 0.353. The summed E-state index contributed by atoms with van der Waals surface area (Å²) in [4.78, 5) is 16.7. The molecule has 5 heteroatoms. The van der Waals surface area contributed by atoms with Crippen molar-refractivity contribution in [3.05, 3.63) is 24.0 Å². The second-order valence-electron chi connectivity index (χ2n) is 4.14. The Morgan fingerprint density at radius 3 is 3.00 bits per heavy atom. The van der Waals surface area contributed by atoms with Crippen LogP contribution in [-0.4, -0.2) is 48.6 Å². The Hall–Kier alpha value is -1.33. The topological polar surface area (TPSA) is 57.4 Å². The van der Waals surface area contributed by atoms with Crippen molar-refractivity contribution in [2.24, 2.45) is 0 Å². The molecule has 1 aromatic heterocycles. The molecule has 0 aliphatic carbocycles. The molecule has 0 bridgehead atoms. The maximum absolute atomic E-state index is 11.8. The zero-order valence-corrected chi connectivity index (χ0v) is 9.95. The first-order valence-corrected chi connectivity index (χ1v) is 6.04. The van der Waals surface area contributed by atoms with Gasteiger partial charge >= 0.3 is 0 Å². The maximum atomic E-state index is 11.8. The Morgan fingerprint density at radius 2 is 2.29 bits per heavy atom. The Morgan fingerprint density at radius 1 is 1.47 bits per heavy atom. The molecule has 94 valence electrons. The highest BCUT2D eigenvalue weighted by atomic mass is 16.5. The lowest BCUT2D eigenvalue weighted by molar-refractivity contribution is -0.135. The van der Waals surface area contributed by atoms with E-state index in [4.69, 9.17) is 4.74 Å². The molecule has 1 amide bonds. The van der Waals surface area contributed by atoms with Crippen LogP contribution in [0.25, 0.3) is 0 Å². The van der Waals surface area contributed by atoms with Crippen LogP contribution in [0.2, 0.25) is 0 Å². The van der Waals surface area contributed by atoms with Gasteiger partial charge in [0.2, 0.25) is 5.91 Å². The standard InChI is InChI=1S/C12H19N3O2/c16-12(15-5-7-17-8-6-15)2-4-14-10-11-1-3-13-9-11/h1,3,9,13-14H,2,4-8,10H2. The third kappa shape index (κ3) is 3.87. The van der Waals surface area contributed by atoms with E-state index in [1.807, 2.05) is 23.4 Å². The molecule has 1 fully saturated rings. The SMILES string of the molecule is O=C(CCNCc1cc[nH]c1)N1CCOCC1. The molecule has 1 aliphatic heterocycles. The second kappa shape index (κ2) is 6.42. The number of hydrogen-bond donors (Lipinski definition) is 2. The highest BCUT2D eigenvalue weighted by Gasteiger charge is 2.15. The van der Waals surface area contributed by atoms with Crippen LogP contribution in [0.1, 0.15) is 12.0 Å². The molecule has 1 aliphatic rings. The zero-order chi connectivity index (χ0) is 11.9. The van der Waals surface area contributed by atoms with E-state index < -0.39 is 0 Å². The molecule has 0 saturated carbocycles. The minimum absolute atomic E-state index is 0.217. The Bertz CT molecular complexity index is 332. The van der Waals surface area contributed by atoms with E-state index in [1.54, 1.807) is 0 Å². The number of aromatic nitrogens is 1. The summed E-state index contributed by atoms with van der Waals surface area (Å²) in [5.41, 5.74) is 1.21. The van der Waals surface area contributed by atoms with Crippen LogP contribution in [0.4, 0.5) is 0 Å². The van der Waals surface area contributed by atoms with Crippen LogP contribution in [-0.2, 0) is 16.1 Å². The fourth-order valence-corrected chi connectivity index (χ4v) is 1.87. The fourth-order valence-electron chi connectivity index (χ4n) is 1.87. The number of H-pyrrole nitrogens is 1. The van der Waals surface area contributed by atoms with E-state index >= 15 is 0 Å². The van der Waals surface area contributed by atoms with Gasteiger partial charge in [-0.3, -0.25) is 4.79 Å². The molecular formula is C12H19N3O2. The maximum Gasteiger partial charge on any atom is 0.224 e. The Balaban J connectivity index is 1.59. The molecule has 1 saturated heterocycles. The van der Waals surface area contributed by atoms with Crippen molar-refractivity contribution < 1.29 is 9.53 Å². The van der Waals surface area contributed by atoms with Gasteiger partial charge in [-0.05, 0) is 11.6 Å². The van der Waals surface area contributed by atoms with Gasteiger partial charge < -0.3 is 19.9 Å². The van der Waals surface area contributed by atoms with Crippen molar-refractivity contribution >= 4 is 5.91 Å².